The molecule has 2 aromatic carbocycles. The Hall–Kier alpha value is -2.33. The van der Waals surface area contributed by atoms with Crippen molar-refractivity contribution in [2.75, 3.05) is 32.7 Å². The van der Waals surface area contributed by atoms with Crippen molar-refractivity contribution in [2.24, 2.45) is 0 Å². The lowest BCUT2D eigenvalue weighted by atomic mass is 9.92. The van der Waals surface area contributed by atoms with Crippen LogP contribution in [-0.2, 0) is 0 Å². The molecule has 1 atom stereocenters. The summed E-state index contributed by atoms with van der Waals surface area (Å²) < 4.78 is 0. The van der Waals surface area contributed by atoms with Gasteiger partial charge in [0.1, 0.15) is 0 Å². The highest BCUT2D eigenvalue weighted by molar-refractivity contribution is 5.74. The number of unbranched alkanes of at least 4 members (excludes halogenated alkanes) is 1. The molecule has 1 N–H and O–H groups in total. The molecule has 1 aliphatic rings. The van der Waals surface area contributed by atoms with E-state index in [0.29, 0.717) is 0 Å². The highest BCUT2D eigenvalue weighted by Crippen LogP contribution is 2.31. The molecular weight excluding hydrogens is 346 g/mol. The lowest BCUT2D eigenvalue weighted by Gasteiger charge is -2.40. The van der Waals surface area contributed by atoms with E-state index in [-0.39, 0.29) is 12.1 Å². The Morgan fingerprint density at radius 2 is 1.68 bits per heavy atom. The number of carbonyl (C=O) groups is 1. The first-order valence-corrected chi connectivity index (χ1v) is 10.5. The van der Waals surface area contributed by atoms with Crippen molar-refractivity contribution in [2.45, 2.75) is 39.7 Å². The molecule has 0 saturated carbocycles. The predicted molar refractivity (Wildman–Crippen MR) is 116 cm³/mol. The largest absolute Gasteiger partial charge is 0.338 e. The van der Waals surface area contributed by atoms with E-state index in [0.717, 1.165) is 45.6 Å². The summed E-state index contributed by atoms with van der Waals surface area (Å²) in [6, 6.07) is 17.8. The summed E-state index contributed by atoms with van der Waals surface area (Å²) in [5.74, 6) is 0. The molecule has 0 aliphatic carbocycles. The molecule has 28 heavy (non-hydrogen) atoms. The third-order valence-electron chi connectivity index (χ3n) is 5.65. The van der Waals surface area contributed by atoms with E-state index in [1.165, 1.54) is 22.3 Å². The van der Waals surface area contributed by atoms with Crippen LogP contribution in [0.2, 0.25) is 0 Å². The fourth-order valence-electron chi connectivity index (χ4n) is 3.90. The Morgan fingerprint density at radius 1 is 1.00 bits per heavy atom. The van der Waals surface area contributed by atoms with Gasteiger partial charge < -0.3 is 10.2 Å². The summed E-state index contributed by atoms with van der Waals surface area (Å²) in [6.45, 7) is 10.5. The number of hydrogen-bond acceptors (Lipinski definition) is 2. The minimum Gasteiger partial charge on any atom is -0.338 e. The van der Waals surface area contributed by atoms with Gasteiger partial charge in [0.15, 0.2) is 0 Å². The number of aryl methyl sites for hydroxylation is 2. The maximum atomic E-state index is 12.4. The first-order valence-electron chi connectivity index (χ1n) is 10.5. The van der Waals surface area contributed by atoms with E-state index >= 15 is 0 Å². The molecule has 0 aromatic heterocycles. The summed E-state index contributed by atoms with van der Waals surface area (Å²) in [5, 5.41) is 3.04. The zero-order chi connectivity index (χ0) is 19.9. The topological polar surface area (TPSA) is 35.6 Å². The number of carbonyl (C=O) groups excluding carboxylic acids is 1. The second-order valence-electron chi connectivity index (χ2n) is 7.78. The first-order chi connectivity index (χ1) is 13.6. The fourth-order valence-corrected chi connectivity index (χ4v) is 3.90. The van der Waals surface area contributed by atoms with E-state index in [1.807, 2.05) is 4.90 Å². The minimum atomic E-state index is 0.0795. The lowest BCUT2D eigenvalue weighted by Crippen LogP contribution is -2.52. The SMILES string of the molecule is CCCCNC(=O)N1CCN([C@H](c2ccc(C)cc2)c2ccccc2C)CC1. The fraction of sp³-hybridized carbons (Fsp3) is 0.458. The van der Waals surface area contributed by atoms with Gasteiger partial charge in [-0.15, -0.1) is 0 Å². The quantitative estimate of drug-likeness (QED) is 0.749. The third-order valence-corrected chi connectivity index (χ3v) is 5.65. The van der Waals surface area contributed by atoms with E-state index in [9.17, 15) is 4.79 Å². The van der Waals surface area contributed by atoms with Gasteiger partial charge in [-0.3, -0.25) is 4.90 Å². The van der Waals surface area contributed by atoms with Crippen molar-refractivity contribution >= 4 is 6.03 Å². The van der Waals surface area contributed by atoms with Crippen LogP contribution in [0.3, 0.4) is 0 Å². The van der Waals surface area contributed by atoms with Crippen molar-refractivity contribution in [3.63, 3.8) is 0 Å². The molecule has 1 aliphatic heterocycles. The zero-order valence-corrected chi connectivity index (χ0v) is 17.4. The van der Waals surface area contributed by atoms with E-state index in [4.69, 9.17) is 0 Å². The third kappa shape index (κ3) is 4.93. The van der Waals surface area contributed by atoms with Crippen LogP contribution in [0.5, 0.6) is 0 Å². The summed E-state index contributed by atoms with van der Waals surface area (Å²) in [5.41, 5.74) is 5.27. The number of rotatable bonds is 6. The van der Waals surface area contributed by atoms with Crippen LogP contribution >= 0.6 is 0 Å². The van der Waals surface area contributed by atoms with Crippen molar-refractivity contribution in [3.8, 4) is 0 Å². The van der Waals surface area contributed by atoms with Crippen LogP contribution < -0.4 is 5.32 Å². The number of urea groups is 1. The van der Waals surface area contributed by atoms with Crippen molar-refractivity contribution in [3.05, 3.63) is 70.8 Å². The molecule has 2 amide bonds. The number of nitrogens with zero attached hydrogens (tertiary/aromatic N) is 2. The normalized spacial score (nSPS) is 16.0. The lowest BCUT2D eigenvalue weighted by molar-refractivity contribution is 0.120. The van der Waals surface area contributed by atoms with Crippen LogP contribution in [-0.4, -0.2) is 48.6 Å². The minimum absolute atomic E-state index is 0.0795. The molecule has 1 fully saturated rings. The monoisotopic (exact) mass is 379 g/mol. The van der Waals surface area contributed by atoms with Gasteiger partial charge in [-0.2, -0.15) is 0 Å². The average Bonchev–Trinajstić information content (AvgIpc) is 2.71. The van der Waals surface area contributed by atoms with E-state index in [2.05, 4.69) is 79.5 Å². The molecular formula is C24H33N3O. The smallest absolute Gasteiger partial charge is 0.317 e. The van der Waals surface area contributed by atoms with Gasteiger partial charge in [-0.1, -0.05) is 67.4 Å². The van der Waals surface area contributed by atoms with Gasteiger partial charge in [0.2, 0.25) is 0 Å². The second-order valence-corrected chi connectivity index (χ2v) is 7.78. The van der Waals surface area contributed by atoms with Crippen LogP contribution in [0.25, 0.3) is 0 Å². The Morgan fingerprint density at radius 3 is 2.32 bits per heavy atom. The van der Waals surface area contributed by atoms with E-state index < -0.39 is 0 Å². The molecule has 4 heteroatoms. The Balaban J connectivity index is 1.75. The average molecular weight is 380 g/mol. The molecule has 0 unspecified atom stereocenters. The van der Waals surface area contributed by atoms with Crippen molar-refractivity contribution in [1.82, 2.24) is 15.1 Å². The summed E-state index contributed by atoms with van der Waals surface area (Å²) in [7, 11) is 0. The van der Waals surface area contributed by atoms with Crippen molar-refractivity contribution in [1.29, 1.82) is 0 Å². The highest BCUT2D eigenvalue weighted by Gasteiger charge is 2.28. The predicted octanol–water partition coefficient (Wildman–Crippen LogP) is 4.52. The summed E-state index contributed by atoms with van der Waals surface area (Å²) in [6.07, 6.45) is 2.14. The van der Waals surface area contributed by atoms with Gasteiger partial charge in [0, 0.05) is 32.7 Å². The van der Waals surface area contributed by atoms with Gasteiger partial charge in [-0.05, 0) is 37.0 Å². The van der Waals surface area contributed by atoms with Crippen LogP contribution in [0.15, 0.2) is 48.5 Å². The zero-order valence-electron chi connectivity index (χ0n) is 17.4. The van der Waals surface area contributed by atoms with Gasteiger partial charge in [0.05, 0.1) is 6.04 Å². The second kappa shape index (κ2) is 9.74. The van der Waals surface area contributed by atoms with Crippen molar-refractivity contribution < 1.29 is 4.79 Å². The molecule has 1 heterocycles. The number of piperazine rings is 1. The number of nitrogens with one attached hydrogen (secondary N) is 1. The molecule has 0 bridgehead atoms. The van der Waals surface area contributed by atoms with Crippen LogP contribution in [0.1, 0.15) is 48.1 Å². The summed E-state index contributed by atoms with van der Waals surface area (Å²) in [4.78, 5) is 16.8. The standard InChI is InChI=1S/C24H33N3O/c1-4-5-14-25-24(28)27-17-15-26(16-18-27)23(21-12-10-19(2)11-13-21)22-9-7-6-8-20(22)3/h6-13,23H,4-5,14-18H2,1-3H3,(H,25,28)/t23-/m1/s1. The maximum absolute atomic E-state index is 12.4. The molecule has 3 rings (SSSR count). The summed E-state index contributed by atoms with van der Waals surface area (Å²) >= 11 is 0. The molecule has 4 nitrogen and oxygen atoms in total. The molecule has 1 saturated heterocycles. The molecule has 2 aromatic rings. The Bertz CT molecular complexity index is 764. The first kappa shape index (κ1) is 20.4. The number of amides is 2. The van der Waals surface area contributed by atoms with Crippen LogP contribution in [0.4, 0.5) is 4.79 Å². The molecule has 0 radical (unpaired) electrons. The number of benzene rings is 2. The van der Waals surface area contributed by atoms with Crippen LogP contribution in [0, 0.1) is 13.8 Å². The van der Waals surface area contributed by atoms with Gasteiger partial charge in [0.25, 0.3) is 0 Å². The highest BCUT2D eigenvalue weighted by atomic mass is 16.2. The van der Waals surface area contributed by atoms with Gasteiger partial charge >= 0.3 is 6.03 Å². The maximum Gasteiger partial charge on any atom is 0.317 e. The Labute approximate surface area is 169 Å². The van der Waals surface area contributed by atoms with E-state index in [1.54, 1.807) is 0 Å². The number of hydrogen-bond donors (Lipinski definition) is 1. The molecule has 0 spiro atoms. The van der Waals surface area contributed by atoms with Gasteiger partial charge in [-0.25, -0.2) is 4.79 Å². The Kier molecular flexibility index (Phi) is 7.10. The molecule has 150 valence electrons.